The summed E-state index contributed by atoms with van der Waals surface area (Å²) >= 11 is 12.4. The molecule has 1 atom stereocenters. The van der Waals surface area contributed by atoms with Crippen LogP contribution < -0.4 is 24.3 Å². The summed E-state index contributed by atoms with van der Waals surface area (Å²) < 4.78 is 21.6. The lowest BCUT2D eigenvalue weighted by Crippen LogP contribution is -2.32. The molecule has 0 fully saturated rings. The van der Waals surface area contributed by atoms with Gasteiger partial charge in [-0.15, -0.1) is 0 Å². The van der Waals surface area contributed by atoms with Gasteiger partial charge in [-0.05, 0) is 26.8 Å². The zero-order valence-corrected chi connectivity index (χ0v) is 20.4. The summed E-state index contributed by atoms with van der Waals surface area (Å²) in [7, 11) is 2.90. The second kappa shape index (κ2) is 12.3. The van der Waals surface area contributed by atoms with Crippen molar-refractivity contribution in [1.82, 2.24) is 0 Å². The first-order valence-corrected chi connectivity index (χ1v) is 10.7. The average Bonchev–Trinajstić information content (AvgIpc) is 2.77. The van der Waals surface area contributed by atoms with Crippen molar-refractivity contribution >= 4 is 46.3 Å². The van der Waals surface area contributed by atoms with Gasteiger partial charge in [-0.1, -0.05) is 23.2 Å². The molecule has 1 unspecified atom stereocenters. The van der Waals surface area contributed by atoms with E-state index in [0.717, 1.165) is 0 Å². The molecule has 2 rings (SSSR count). The molecule has 1 N–H and O–H groups in total. The van der Waals surface area contributed by atoms with E-state index in [9.17, 15) is 9.59 Å². The van der Waals surface area contributed by atoms with Crippen molar-refractivity contribution in [2.45, 2.75) is 26.8 Å². The molecule has 2 aromatic carbocycles. The third-order valence-corrected chi connectivity index (χ3v) is 4.83. The maximum atomic E-state index is 12.9. The fourth-order valence-corrected chi connectivity index (χ4v) is 3.19. The second-order valence-electron chi connectivity index (χ2n) is 6.53. The van der Waals surface area contributed by atoms with E-state index in [1.54, 1.807) is 26.0 Å². The highest BCUT2D eigenvalue weighted by Crippen LogP contribution is 2.40. The molecular formula is C22H25Cl2N3O6. The molecule has 0 aliphatic heterocycles. The average molecular weight is 498 g/mol. The first kappa shape index (κ1) is 26.2. The van der Waals surface area contributed by atoms with Gasteiger partial charge in [-0.3, -0.25) is 9.59 Å². The van der Waals surface area contributed by atoms with Gasteiger partial charge in [0.2, 0.25) is 6.04 Å². The van der Waals surface area contributed by atoms with Crippen molar-refractivity contribution in [3.05, 3.63) is 34.3 Å². The highest BCUT2D eigenvalue weighted by molar-refractivity contribution is 6.34. The summed E-state index contributed by atoms with van der Waals surface area (Å²) in [4.78, 5) is 25.1. The molecule has 0 radical (unpaired) electrons. The standard InChI is InChI=1S/C22H25Cl2N3O6/c1-6-32-18-9-13(23)8-16(21(18)33-7-2)25-22(29)20(12(3)28)27-26-15-10-14(30-4)11-17(31-5)19(15)24/h8-11,20H,6-7H2,1-5H3,(H,25,29). The molecule has 0 aliphatic rings. The van der Waals surface area contributed by atoms with Gasteiger partial charge in [0.1, 0.15) is 22.2 Å². The minimum absolute atomic E-state index is 0.152. The molecule has 0 saturated carbocycles. The van der Waals surface area contributed by atoms with Crippen LogP contribution in [0, 0.1) is 0 Å². The third-order valence-electron chi connectivity index (χ3n) is 4.23. The van der Waals surface area contributed by atoms with Crippen molar-refractivity contribution in [3.63, 3.8) is 0 Å². The first-order valence-electron chi connectivity index (χ1n) is 9.98. The Morgan fingerprint density at radius 1 is 1.00 bits per heavy atom. The molecule has 0 bridgehead atoms. The monoisotopic (exact) mass is 497 g/mol. The molecule has 0 saturated heterocycles. The Hall–Kier alpha value is -3.04. The number of nitrogens with one attached hydrogen (secondary N) is 1. The molecule has 178 valence electrons. The van der Waals surface area contributed by atoms with Crippen LogP contribution >= 0.6 is 23.2 Å². The van der Waals surface area contributed by atoms with E-state index in [0.29, 0.717) is 35.5 Å². The number of Topliss-reactive ketones (excluding diaryl/α,β-unsaturated/α-hetero) is 1. The minimum Gasteiger partial charge on any atom is -0.497 e. The number of amides is 1. The normalized spacial score (nSPS) is 11.7. The van der Waals surface area contributed by atoms with E-state index in [-0.39, 0.29) is 22.1 Å². The largest absolute Gasteiger partial charge is 0.497 e. The fourth-order valence-electron chi connectivity index (χ4n) is 2.75. The Kier molecular flexibility index (Phi) is 9.74. The van der Waals surface area contributed by atoms with E-state index in [2.05, 4.69) is 15.5 Å². The van der Waals surface area contributed by atoms with Crippen LogP contribution in [0.1, 0.15) is 20.8 Å². The number of hydrogen-bond acceptors (Lipinski definition) is 8. The number of ether oxygens (including phenoxy) is 4. The summed E-state index contributed by atoms with van der Waals surface area (Å²) in [6.45, 7) is 5.50. The van der Waals surface area contributed by atoms with Crippen LogP contribution in [-0.2, 0) is 9.59 Å². The predicted molar refractivity (Wildman–Crippen MR) is 126 cm³/mol. The van der Waals surface area contributed by atoms with E-state index in [1.807, 2.05) is 0 Å². The van der Waals surface area contributed by atoms with Crippen molar-refractivity contribution in [2.75, 3.05) is 32.8 Å². The predicted octanol–water partition coefficient (Wildman–Crippen LogP) is 5.49. The number of benzene rings is 2. The second-order valence-corrected chi connectivity index (χ2v) is 7.34. The van der Waals surface area contributed by atoms with Gasteiger partial charge < -0.3 is 24.3 Å². The van der Waals surface area contributed by atoms with Crippen LogP contribution in [0.2, 0.25) is 10.0 Å². The van der Waals surface area contributed by atoms with E-state index < -0.39 is 17.7 Å². The van der Waals surface area contributed by atoms with Crippen LogP contribution in [0.15, 0.2) is 34.5 Å². The van der Waals surface area contributed by atoms with Gasteiger partial charge in [-0.25, -0.2) is 0 Å². The number of rotatable bonds is 11. The number of anilines is 1. The zero-order valence-electron chi connectivity index (χ0n) is 18.9. The first-order chi connectivity index (χ1) is 15.7. The topological polar surface area (TPSA) is 108 Å². The molecule has 0 aliphatic carbocycles. The molecule has 2 aromatic rings. The highest BCUT2D eigenvalue weighted by Gasteiger charge is 2.26. The van der Waals surface area contributed by atoms with Crippen molar-refractivity contribution < 1.29 is 28.5 Å². The van der Waals surface area contributed by atoms with Gasteiger partial charge in [0.15, 0.2) is 17.3 Å². The molecule has 0 aromatic heterocycles. The summed E-state index contributed by atoms with van der Waals surface area (Å²) in [5.74, 6) is 0.0979. The number of hydrogen-bond donors (Lipinski definition) is 1. The van der Waals surface area contributed by atoms with Gasteiger partial charge in [-0.2, -0.15) is 10.2 Å². The lowest BCUT2D eigenvalue weighted by atomic mass is 10.2. The van der Waals surface area contributed by atoms with E-state index in [1.165, 1.54) is 33.3 Å². The Morgan fingerprint density at radius 2 is 1.70 bits per heavy atom. The van der Waals surface area contributed by atoms with Crippen LogP contribution in [0.3, 0.4) is 0 Å². The van der Waals surface area contributed by atoms with Crippen LogP contribution in [0.4, 0.5) is 11.4 Å². The van der Waals surface area contributed by atoms with Crippen LogP contribution in [-0.4, -0.2) is 45.2 Å². The zero-order chi connectivity index (χ0) is 24.5. The molecule has 9 nitrogen and oxygen atoms in total. The number of ketones is 1. The molecule has 11 heteroatoms. The van der Waals surface area contributed by atoms with Crippen molar-refractivity contribution in [2.24, 2.45) is 10.2 Å². The number of azo groups is 1. The van der Waals surface area contributed by atoms with Gasteiger partial charge in [0, 0.05) is 23.2 Å². The van der Waals surface area contributed by atoms with Crippen molar-refractivity contribution in [3.8, 4) is 23.0 Å². The lowest BCUT2D eigenvalue weighted by Gasteiger charge is -2.17. The minimum atomic E-state index is -1.46. The third kappa shape index (κ3) is 6.72. The maximum Gasteiger partial charge on any atom is 0.258 e. The SMILES string of the molecule is CCOc1cc(Cl)cc(NC(=O)C(N=Nc2cc(OC)cc(OC)c2Cl)C(C)=O)c1OCC. The Bertz CT molecular complexity index is 1050. The highest BCUT2D eigenvalue weighted by atomic mass is 35.5. The van der Waals surface area contributed by atoms with Gasteiger partial charge in [0.05, 0.1) is 33.1 Å². The number of nitrogens with zero attached hydrogens (tertiary/aromatic N) is 2. The Morgan fingerprint density at radius 3 is 2.27 bits per heavy atom. The molecular weight excluding hydrogens is 473 g/mol. The Labute approximate surface area is 202 Å². The fraction of sp³-hybridized carbons (Fsp3) is 0.364. The number of methoxy groups -OCH3 is 2. The smallest absolute Gasteiger partial charge is 0.258 e. The van der Waals surface area contributed by atoms with E-state index in [4.69, 9.17) is 42.1 Å². The summed E-state index contributed by atoms with van der Waals surface area (Å²) in [6, 6.07) is 4.68. The Balaban J connectivity index is 2.39. The van der Waals surface area contributed by atoms with Gasteiger partial charge in [0.25, 0.3) is 5.91 Å². The molecule has 0 heterocycles. The molecule has 1 amide bonds. The summed E-state index contributed by atoms with van der Waals surface area (Å²) in [5.41, 5.74) is 0.406. The van der Waals surface area contributed by atoms with Crippen molar-refractivity contribution in [1.29, 1.82) is 0 Å². The lowest BCUT2D eigenvalue weighted by molar-refractivity contribution is -0.126. The van der Waals surface area contributed by atoms with Gasteiger partial charge >= 0.3 is 0 Å². The summed E-state index contributed by atoms with van der Waals surface area (Å²) in [5, 5.41) is 11.0. The van der Waals surface area contributed by atoms with Crippen LogP contribution in [0.5, 0.6) is 23.0 Å². The number of halogens is 2. The van der Waals surface area contributed by atoms with Crippen LogP contribution in [0.25, 0.3) is 0 Å². The molecule has 33 heavy (non-hydrogen) atoms. The number of carbonyl (C=O) groups excluding carboxylic acids is 2. The maximum absolute atomic E-state index is 12.9. The number of carbonyl (C=O) groups is 2. The molecule has 0 spiro atoms. The van der Waals surface area contributed by atoms with E-state index >= 15 is 0 Å². The quantitative estimate of drug-likeness (QED) is 0.324. The summed E-state index contributed by atoms with van der Waals surface area (Å²) in [6.07, 6.45) is 0.